The second-order valence-corrected chi connectivity index (χ2v) is 2.63. The van der Waals surface area contributed by atoms with Gasteiger partial charge in [-0.3, -0.25) is 0 Å². The molecule has 0 aliphatic carbocycles. The lowest BCUT2D eigenvalue weighted by molar-refractivity contribution is 0.254. The van der Waals surface area contributed by atoms with E-state index in [0.29, 0.717) is 0 Å². The van der Waals surface area contributed by atoms with Gasteiger partial charge in [0, 0.05) is 0 Å². The Morgan fingerprint density at radius 3 is 2.50 bits per heavy atom. The number of nitrogens with one attached hydrogen (secondary N) is 1. The standard InChI is InChI=1S/C6H14N2/c1-5(2-7)6-3-8-4-6/h5-6,8H,2-4,7H2,1H3. The number of rotatable bonds is 2. The molecule has 2 heteroatoms. The van der Waals surface area contributed by atoms with Crippen LogP contribution in [0.2, 0.25) is 0 Å². The van der Waals surface area contributed by atoms with Crippen LogP contribution in [0, 0.1) is 11.8 Å². The van der Waals surface area contributed by atoms with Gasteiger partial charge in [-0.25, -0.2) is 0 Å². The first-order valence-corrected chi connectivity index (χ1v) is 3.25. The zero-order valence-electron chi connectivity index (χ0n) is 5.35. The first-order chi connectivity index (χ1) is 3.84. The van der Waals surface area contributed by atoms with Gasteiger partial charge < -0.3 is 11.1 Å². The van der Waals surface area contributed by atoms with E-state index in [-0.39, 0.29) is 0 Å². The minimum absolute atomic E-state index is 0.719. The van der Waals surface area contributed by atoms with Gasteiger partial charge in [-0.05, 0) is 31.5 Å². The van der Waals surface area contributed by atoms with E-state index >= 15 is 0 Å². The smallest absolute Gasteiger partial charge is 0.000522 e. The predicted molar refractivity (Wildman–Crippen MR) is 34.6 cm³/mol. The second kappa shape index (κ2) is 2.46. The second-order valence-electron chi connectivity index (χ2n) is 2.63. The molecule has 0 aromatic carbocycles. The molecule has 1 saturated heterocycles. The van der Waals surface area contributed by atoms with Gasteiger partial charge in [0.25, 0.3) is 0 Å². The van der Waals surface area contributed by atoms with Gasteiger partial charge in [-0.1, -0.05) is 6.92 Å². The summed E-state index contributed by atoms with van der Waals surface area (Å²) < 4.78 is 0. The molecule has 1 rings (SSSR count). The summed E-state index contributed by atoms with van der Waals surface area (Å²) in [6.07, 6.45) is 0. The van der Waals surface area contributed by atoms with E-state index in [1.54, 1.807) is 0 Å². The van der Waals surface area contributed by atoms with Gasteiger partial charge in [-0.2, -0.15) is 0 Å². The molecule has 1 aliphatic rings. The fourth-order valence-corrected chi connectivity index (χ4v) is 0.906. The molecule has 0 spiro atoms. The van der Waals surface area contributed by atoms with Crippen LogP contribution in [0.4, 0.5) is 0 Å². The van der Waals surface area contributed by atoms with E-state index in [9.17, 15) is 0 Å². The number of hydrogen-bond donors (Lipinski definition) is 2. The van der Waals surface area contributed by atoms with E-state index in [0.717, 1.165) is 18.4 Å². The van der Waals surface area contributed by atoms with Crippen molar-refractivity contribution in [3.05, 3.63) is 0 Å². The Labute approximate surface area is 50.4 Å². The summed E-state index contributed by atoms with van der Waals surface area (Å²) in [6, 6.07) is 0. The lowest BCUT2D eigenvalue weighted by atomic mass is 9.89. The highest BCUT2D eigenvalue weighted by Gasteiger charge is 2.21. The van der Waals surface area contributed by atoms with Crippen molar-refractivity contribution in [2.45, 2.75) is 6.92 Å². The molecular formula is C6H14N2. The molecule has 0 amide bonds. The minimum Gasteiger partial charge on any atom is -0.330 e. The number of hydrogen-bond acceptors (Lipinski definition) is 2. The van der Waals surface area contributed by atoms with Gasteiger partial charge in [-0.15, -0.1) is 0 Å². The van der Waals surface area contributed by atoms with Crippen LogP contribution in [0.1, 0.15) is 6.92 Å². The van der Waals surface area contributed by atoms with Crippen molar-refractivity contribution < 1.29 is 0 Å². The maximum Gasteiger partial charge on any atom is -0.000522 e. The van der Waals surface area contributed by atoms with Gasteiger partial charge in [0.15, 0.2) is 0 Å². The third-order valence-corrected chi connectivity index (χ3v) is 1.99. The van der Waals surface area contributed by atoms with E-state index in [4.69, 9.17) is 5.73 Å². The van der Waals surface area contributed by atoms with Crippen molar-refractivity contribution in [1.29, 1.82) is 0 Å². The predicted octanol–water partition coefficient (Wildman–Crippen LogP) is -0.199. The van der Waals surface area contributed by atoms with Gasteiger partial charge in [0.2, 0.25) is 0 Å². The summed E-state index contributed by atoms with van der Waals surface area (Å²) in [7, 11) is 0. The van der Waals surface area contributed by atoms with E-state index in [1.807, 2.05) is 0 Å². The van der Waals surface area contributed by atoms with E-state index in [1.165, 1.54) is 13.1 Å². The summed E-state index contributed by atoms with van der Waals surface area (Å²) >= 11 is 0. The van der Waals surface area contributed by atoms with Crippen LogP contribution < -0.4 is 11.1 Å². The van der Waals surface area contributed by atoms with E-state index in [2.05, 4.69) is 12.2 Å². The molecule has 2 nitrogen and oxygen atoms in total. The summed E-state index contributed by atoms with van der Waals surface area (Å²) in [5.74, 6) is 1.58. The van der Waals surface area contributed by atoms with Crippen LogP contribution in [0.3, 0.4) is 0 Å². The third kappa shape index (κ3) is 1.01. The first-order valence-electron chi connectivity index (χ1n) is 3.25. The SMILES string of the molecule is CC(CN)C1CNC1. The molecule has 1 atom stereocenters. The average molecular weight is 114 g/mol. The quantitative estimate of drug-likeness (QED) is 0.522. The molecule has 48 valence electrons. The largest absolute Gasteiger partial charge is 0.330 e. The Bertz CT molecular complexity index is 66.2. The van der Waals surface area contributed by atoms with E-state index < -0.39 is 0 Å². The maximum absolute atomic E-state index is 5.45. The van der Waals surface area contributed by atoms with Crippen molar-refractivity contribution in [2.75, 3.05) is 19.6 Å². The highest BCUT2D eigenvalue weighted by Crippen LogP contribution is 2.13. The normalized spacial score (nSPS) is 24.8. The lowest BCUT2D eigenvalue weighted by Crippen LogP contribution is -2.47. The molecule has 1 aliphatic heterocycles. The Hall–Kier alpha value is -0.0800. The summed E-state index contributed by atoms with van der Waals surface area (Å²) in [5.41, 5.74) is 5.45. The molecular weight excluding hydrogens is 100 g/mol. The lowest BCUT2D eigenvalue weighted by Gasteiger charge is -2.31. The fraction of sp³-hybridized carbons (Fsp3) is 1.00. The third-order valence-electron chi connectivity index (χ3n) is 1.99. The Balaban J connectivity index is 2.13. The summed E-state index contributed by atoms with van der Waals surface area (Å²) in [6.45, 7) is 5.41. The molecule has 0 radical (unpaired) electrons. The van der Waals surface area contributed by atoms with Crippen LogP contribution in [-0.2, 0) is 0 Å². The van der Waals surface area contributed by atoms with Crippen molar-refractivity contribution in [3.63, 3.8) is 0 Å². The molecule has 8 heavy (non-hydrogen) atoms. The highest BCUT2D eigenvalue weighted by molar-refractivity contribution is 4.79. The van der Waals surface area contributed by atoms with Crippen LogP contribution in [-0.4, -0.2) is 19.6 Å². The molecule has 0 bridgehead atoms. The van der Waals surface area contributed by atoms with Gasteiger partial charge in [0.05, 0.1) is 0 Å². The molecule has 0 aromatic rings. The van der Waals surface area contributed by atoms with Crippen LogP contribution in [0.5, 0.6) is 0 Å². The average Bonchev–Trinajstić information content (AvgIpc) is 1.62. The molecule has 3 N–H and O–H groups in total. The van der Waals surface area contributed by atoms with Crippen LogP contribution in [0.25, 0.3) is 0 Å². The van der Waals surface area contributed by atoms with Crippen molar-refractivity contribution >= 4 is 0 Å². The van der Waals surface area contributed by atoms with Crippen molar-refractivity contribution in [3.8, 4) is 0 Å². The zero-order chi connectivity index (χ0) is 5.98. The van der Waals surface area contributed by atoms with Gasteiger partial charge in [0.1, 0.15) is 0 Å². The summed E-state index contributed by atoms with van der Waals surface area (Å²) in [4.78, 5) is 0. The number of nitrogens with two attached hydrogens (primary N) is 1. The van der Waals surface area contributed by atoms with Gasteiger partial charge >= 0.3 is 0 Å². The summed E-state index contributed by atoms with van der Waals surface area (Å²) in [5, 5.41) is 3.22. The maximum atomic E-state index is 5.45. The Morgan fingerprint density at radius 2 is 2.38 bits per heavy atom. The molecule has 0 aromatic heterocycles. The Kier molecular flexibility index (Phi) is 1.86. The molecule has 1 fully saturated rings. The fourth-order valence-electron chi connectivity index (χ4n) is 0.906. The monoisotopic (exact) mass is 114 g/mol. The van der Waals surface area contributed by atoms with Crippen molar-refractivity contribution in [1.82, 2.24) is 5.32 Å². The molecule has 0 saturated carbocycles. The first kappa shape index (κ1) is 6.05. The molecule has 1 unspecified atom stereocenters. The zero-order valence-corrected chi connectivity index (χ0v) is 5.35. The van der Waals surface area contributed by atoms with Crippen LogP contribution >= 0.6 is 0 Å². The highest BCUT2D eigenvalue weighted by atomic mass is 15.0. The van der Waals surface area contributed by atoms with Crippen molar-refractivity contribution in [2.24, 2.45) is 17.6 Å². The molecule has 1 heterocycles. The minimum atomic E-state index is 0.719. The topological polar surface area (TPSA) is 38.0 Å². The van der Waals surface area contributed by atoms with Crippen LogP contribution in [0.15, 0.2) is 0 Å². The Morgan fingerprint density at radius 1 is 1.75 bits per heavy atom.